The van der Waals surface area contributed by atoms with E-state index in [2.05, 4.69) is 38.3 Å². The van der Waals surface area contributed by atoms with E-state index in [4.69, 9.17) is 0 Å². The van der Waals surface area contributed by atoms with Crippen LogP contribution < -0.4 is 10.6 Å². The minimum atomic E-state index is -0.00831. The van der Waals surface area contributed by atoms with E-state index in [-0.39, 0.29) is 17.4 Å². The van der Waals surface area contributed by atoms with Gasteiger partial charge in [-0.2, -0.15) is 0 Å². The number of carbonyl (C=O) groups is 1. The molecule has 1 unspecified atom stereocenters. The molecule has 0 fully saturated rings. The molecule has 0 aliphatic rings. The average molecular weight is 276 g/mol. The first-order valence-electron chi connectivity index (χ1n) is 7.41. The number of aryl methyl sites for hydroxylation is 1. The van der Waals surface area contributed by atoms with Gasteiger partial charge in [0.1, 0.15) is 0 Å². The molecule has 1 atom stereocenters. The van der Waals surface area contributed by atoms with E-state index in [9.17, 15) is 4.79 Å². The van der Waals surface area contributed by atoms with Crippen LogP contribution in [0.4, 0.5) is 5.69 Å². The number of hydrogen-bond acceptors (Lipinski definition) is 2. The zero-order valence-corrected chi connectivity index (χ0v) is 13.6. The second-order valence-corrected chi connectivity index (χ2v) is 6.54. The summed E-state index contributed by atoms with van der Waals surface area (Å²) >= 11 is 0. The maximum Gasteiger partial charge on any atom is 0.253 e. The third-order valence-electron chi connectivity index (χ3n) is 3.63. The molecule has 0 spiro atoms. The van der Waals surface area contributed by atoms with Crippen molar-refractivity contribution in [2.24, 2.45) is 5.41 Å². The highest BCUT2D eigenvalue weighted by Crippen LogP contribution is 2.21. The fourth-order valence-corrected chi connectivity index (χ4v) is 1.75. The van der Waals surface area contributed by atoms with Crippen LogP contribution in [0.25, 0.3) is 0 Å². The van der Waals surface area contributed by atoms with Crippen molar-refractivity contribution in [1.82, 2.24) is 5.32 Å². The topological polar surface area (TPSA) is 41.1 Å². The smallest absolute Gasteiger partial charge is 0.253 e. The molecule has 112 valence electrons. The van der Waals surface area contributed by atoms with E-state index in [0.717, 1.165) is 29.8 Å². The Kier molecular flexibility index (Phi) is 5.61. The molecule has 0 heterocycles. The van der Waals surface area contributed by atoms with Gasteiger partial charge in [-0.15, -0.1) is 0 Å². The molecule has 2 N–H and O–H groups in total. The Balaban J connectivity index is 2.92. The van der Waals surface area contributed by atoms with E-state index in [0.29, 0.717) is 0 Å². The van der Waals surface area contributed by atoms with Crippen molar-refractivity contribution in [3.05, 3.63) is 29.3 Å². The van der Waals surface area contributed by atoms with Gasteiger partial charge in [0.25, 0.3) is 5.91 Å². The summed E-state index contributed by atoms with van der Waals surface area (Å²) in [7, 11) is 0. The van der Waals surface area contributed by atoms with Gasteiger partial charge in [0.05, 0.1) is 5.56 Å². The van der Waals surface area contributed by atoms with Gasteiger partial charge in [0.2, 0.25) is 0 Å². The van der Waals surface area contributed by atoms with Crippen LogP contribution in [0.2, 0.25) is 0 Å². The van der Waals surface area contributed by atoms with Crippen molar-refractivity contribution in [1.29, 1.82) is 0 Å². The average Bonchev–Trinajstić information content (AvgIpc) is 2.35. The maximum atomic E-state index is 12.4. The molecule has 1 amide bonds. The number of carbonyl (C=O) groups excluding carboxylic acids is 1. The van der Waals surface area contributed by atoms with E-state index < -0.39 is 0 Å². The van der Waals surface area contributed by atoms with Crippen molar-refractivity contribution >= 4 is 11.6 Å². The van der Waals surface area contributed by atoms with Crippen molar-refractivity contribution in [2.45, 2.75) is 54.0 Å². The van der Waals surface area contributed by atoms with Crippen LogP contribution in [0.5, 0.6) is 0 Å². The van der Waals surface area contributed by atoms with Gasteiger partial charge in [-0.25, -0.2) is 0 Å². The quantitative estimate of drug-likeness (QED) is 0.854. The molecule has 0 aliphatic heterocycles. The summed E-state index contributed by atoms with van der Waals surface area (Å²) in [5.41, 5.74) is 2.85. The normalized spacial score (nSPS) is 12.9. The molecular weight excluding hydrogens is 248 g/mol. The van der Waals surface area contributed by atoms with Crippen LogP contribution >= 0.6 is 0 Å². The number of anilines is 1. The van der Waals surface area contributed by atoms with Crippen molar-refractivity contribution < 1.29 is 4.79 Å². The Bertz CT molecular complexity index is 461. The summed E-state index contributed by atoms with van der Waals surface area (Å²) in [5.74, 6) is -0.00831. The summed E-state index contributed by atoms with van der Waals surface area (Å²) in [6, 6.07) is 6.04. The summed E-state index contributed by atoms with van der Waals surface area (Å²) in [4.78, 5) is 12.4. The minimum Gasteiger partial charge on any atom is -0.384 e. The summed E-state index contributed by atoms with van der Waals surface area (Å²) < 4.78 is 0. The number of hydrogen-bond donors (Lipinski definition) is 2. The monoisotopic (exact) mass is 276 g/mol. The lowest BCUT2D eigenvalue weighted by molar-refractivity contribution is 0.0911. The fraction of sp³-hybridized carbons (Fsp3) is 0.588. The highest BCUT2D eigenvalue weighted by atomic mass is 16.1. The molecule has 0 aromatic heterocycles. The summed E-state index contributed by atoms with van der Waals surface area (Å²) in [5, 5.41) is 6.43. The molecule has 1 aromatic carbocycles. The van der Waals surface area contributed by atoms with Gasteiger partial charge in [0, 0.05) is 18.3 Å². The molecule has 1 rings (SSSR count). The first-order valence-corrected chi connectivity index (χ1v) is 7.41. The Hall–Kier alpha value is -1.51. The number of nitrogens with one attached hydrogen (secondary N) is 2. The molecule has 20 heavy (non-hydrogen) atoms. The Morgan fingerprint density at radius 2 is 1.95 bits per heavy atom. The number of benzene rings is 1. The molecule has 0 radical (unpaired) electrons. The van der Waals surface area contributed by atoms with Gasteiger partial charge in [-0.1, -0.05) is 33.8 Å². The Labute approximate surface area is 123 Å². The molecule has 0 saturated heterocycles. The molecule has 1 aromatic rings. The predicted octanol–water partition coefficient (Wildman–Crippen LogP) is 3.98. The highest BCUT2D eigenvalue weighted by Gasteiger charge is 2.23. The maximum absolute atomic E-state index is 12.4. The zero-order valence-electron chi connectivity index (χ0n) is 13.6. The fourth-order valence-electron chi connectivity index (χ4n) is 1.75. The lowest BCUT2D eigenvalue weighted by Gasteiger charge is -2.28. The van der Waals surface area contributed by atoms with Gasteiger partial charge in [0.15, 0.2) is 0 Å². The van der Waals surface area contributed by atoms with Crippen LogP contribution in [-0.4, -0.2) is 18.5 Å². The first-order chi connectivity index (χ1) is 9.25. The van der Waals surface area contributed by atoms with Crippen molar-refractivity contribution in [3.8, 4) is 0 Å². The summed E-state index contributed by atoms with van der Waals surface area (Å²) in [6.07, 6.45) is 1.04. The van der Waals surface area contributed by atoms with Crippen LogP contribution in [0.3, 0.4) is 0 Å². The molecule has 0 bridgehead atoms. The lowest BCUT2D eigenvalue weighted by Crippen LogP contribution is -2.41. The van der Waals surface area contributed by atoms with E-state index in [1.54, 1.807) is 0 Å². The molecule has 0 saturated carbocycles. The largest absolute Gasteiger partial charge is 0.384 e. The predicted molar refractivity (Wildman–Crippen MR) is 86.3 cm³/mol. The van der Waals surface area contributed by atoms with Gasteiger partial charge < -0.3 is 10.6 Å². The van der Waals surface area contributed by atoms with Crippen LogP contribution in [0.1, 0.15) is 57.0 Å². The van der Waals surface area contributed by atoms with Gasteiger partial charge in [-0.3, -0.25) is 4.79 Å². The van der Waals surface area contributed by atoms with E-state index in [1.165, 1.54) is 0 Å². The SMILES string of the molecule is CCCNc1cc(C)ccc1C(=O)NC(C)C(C)(C)C. The van der Waals surface area contributed by atoms with E-state index in [1.807, 2.05) is 32.0 Å². The second-order valence-electron chi connectivity index (χ2n) is 6.54. The summed E-state index contributed by atoms with van der Waals surface area (Å²) in [6.45, 7) is 13.5. The van der Waals surface area contributed by atoms with Crippen LogP contribution in [0.15, 0.2) is 18.2 Å². The van der Waals surface area contributed by atoms with Crippen molar-refractivity contribution in [3.63, 3.8) is 0 Å². The molecule has 3 nitrogen and oxygen atoms in total. The standard InChI is InChI=1S/C17H28N2O/c1-7-10-18-15-11-12(2)8-9-14(15)16(20)19-13(3)17(4,5)6/h8-9,11,13,18H,7,10H2,1-6H3,(H,19,20). The van der Waals surface area contributed by atoms with Crippen LogP contribution in [0, 0.1) is 12.3 Å². The third-order valence-corrected chi connectivity index (χ3v) is 3.63. The van der Waals surface area contributed by atoms with Crippen LogP contribution in [-0.2, 0) is 0 Å². The Morgan fingerprint density at radius 3 is 2.50 bits per heavy atom. The van der Waals surface area contributed by atoms with Crippen molar-refractivity contribution in [2.75, 3.05) is 11.9 Å². The number of rotatable bonds is 5. The lowest BCUT2D eigenvalue weighted by atomic mass is 9.88. The molecular formula is C17H28N2O. The zero-order chi connectivity index (χ0) is 15.3. The van der Waals surface area contributed by atoms with Gasteiger partial charge >= 0.3 is 0 Å². The highest BCUT2D eigenvalue weighted by molar-refractivity contribution is 5.99. The number of amides is 1. The Morgan fingerprint density at radius 1 is 1.30 bits per heavy atom. The molecule has 0 aliphatic carbocycles. The minimum absolute atomic E-state index is 0.00831. The van der Waals surface area contributed by atoms with Gasteiger partial charge in [-0.05, 0) is 43.4 Å². The molecule has 3 heteroatoms. The second kappa shape index (κ2) is 6.78. The van der Waals surface area contributed by atoms with E-state index >= 15 is 0 Å². The first kappa shape index (κ1) is 16.5. The third kappa shape index (κ3) is 4.55.